The number of urea groups is 1. The number of carbonyl (C=O) groups is 4. The molecule has 0 unspecified atom stereocenters. The summed E-state index contributed by atoms with van der Waals surface area (Å²) < 4.78 is 15.5. The first kappa shape index (κ1) is 20.4. The van der Waals surface area contributed by atoms with Gasteiger partial charge in [0.05, 0.1) is 29.5 Å². The summed E-state index contributed by atoms with van der Waals surface area (Å²) in [5.74, 6) is -1.96. The standard InChI is InChI=1S/C20H22N2O7/c1-3-13-16(19(25)27-4-2)14(22-20(26)21-13)10-28-18(24)15-9-11-7-5-6-8-12(11)17(23)29-15/h5-8,13,15H,3-4,9-10H2,1-2H3,(H2,21,22,26)/t13-,15+/m0/s1. The van der Waals surface area contributed by atoms with Crippen molar-refractivity contribution in [3.63, 3.8) is 0 Å². The summed E-state index contributed by atoms with van der Waals surface area (Å²) in [6.45, 7) is 3.28. The fourth-order valence-corrected chi connectivity index (χ4v) is 3.27. The number of hydrogen-bond donors (Lipinski definition) is 2. The highest BCUT2D eigenvalue weighted by Gasteiger charge is 2.35. The van der Waals surface area contributed by atoms with E-state index in [0.717, 1.165) is 0 Å². The van der Waals surface area contributed by atoms with Gasteiger partial charge in [0.1, 0.15) is 6.61 Å². The van der Waals surface area contributed by atoms with Crippen LogP contribution in [0.15, 0.2) is 35.5 Å². The number of benzene rings is 1. The lowest BCUT2D eigenvalue weighted by Gasteiger charge is -2.28. The van der Waals surface area contributed by atoms with Gasteiger partial charge in [0.15, 0.2) is 0 Å². The van der Waals surface area contributed by atoms with Crippen molar-refractivity contribution in [2.75, 3.05) is 13.2 Å². The molecule has 0 radical (unpaired) electrons. The Labute approximate surface area is 167 Å². The highest BCUT2D eigenvalue weighted by Crippen LogP contribution is 2.22. The van der Waals surface area contributed by atoms with Crippen molar-refractivity contribution in [1.82, 2.24) is 10.6 Å². The number of carbonyl (C=O) groups excluding carboxylic acids is 4. The van der Waals surface area contributed by atoms with Crippen molar-refractivity contribution >= 4 is 23.9 Å². The van der Waals surface area contributed by atoms with Crippen LogP contribution in [0.3, 0.4) is 0 Å². The predicted molar refractivity (Wildman–Crippen MR) is 99.7 cm³/mol. The molecule has 0 saturated heterocycles. The molecule has 1 aromatic rings. The van der Waals surface area contributed by atoms with Crippen LogP contribution in [0.1, 0.15) is 36.2 Å². The van der Waals surface area contributed by atoms with Gasteiger partial charge in [0.25, 0.3) is 0 Å². The first-order chi connectivity index (χ1) is 13.9. The van der Waals surface area contributed by atoms with E-state index in [2.05, 4.69) is 10.6 Å². The molecule has 0 bridgehead atoms. The third kappa shape index (κ3) is 4.39. The average molecular weight is 402 g/mol. The van der Waals surface area contributed by atoms with E-state index < -0.39 is 36.1 Å². The summed E-state index contributed by atoms with van der Waals surface area (Å²) in [7, 11) is 0. The smallest absolute Gasteiger partial charge is 0.348 e. The molecule has 2 N–H and O–H groups in total. The molecule has 154 valence electrons. The molecule has 1 aromatic carbocycles. The molecule has 0 aromatic heterocycles. The van der Waals surface area contributed by atoms with Crippen molar-refractivity contribution in [2.24, 2.45) is 0 Å². The van der Waals surface area contributed by atoms with Crippen LogP contribution < -0.4 is 10.6 Å². The maximum Gasteiger partial charge on any atom is 0.348 e. The highest BCUT2D eigenvalue weighted by atomic mass is 16.6. The summed E-state index contributed by atoms with van der Waals surface area (Å²) in [6.07, 6.45) is -0.449. The van der Waals surface area contributed by atoms with Crippen molar-refractivity contribution in [2.45, 2.75) is 38.8 Å². The lowest BCUT2D eigenvalue weighted by atomic mass is 9.98. The summed E-state index contributed by atoms with van der Waals surface area (Å²) >= 11 is 0. The van der Waals surface area contributed by atoms with E-state index >= 15 is 0 Å². The van der Waals surface area contributed by atoms with Crippen LogP contribution in [0, 0.1) is 0 Å². The third-order valence-electron chi connectivity index (χ3n) is 4.66. The fraction of sp³-hybridized carbons (Fsp3) is 0.400. The zero-order valence-electron chi connectivity index (χ0n) is 16.2. The van der Waals surface area contributed by atoms with Crippen molar-refractivity contribution in [3.05, 3.63) is 46.7 Å². The van der Waals surface area contributed by atoms with Gasteiger partial charge in [-0.05, 0) is 25.0 Å². The number of hydrogen-bond acceptors (Lipinski definition) is 7. The van der Waals surface area contributed by atoms with Gasteiger partial charge >= 0.3 is 23.9 Å². The van der Waals surface area contributed by atoms with Crippen molar-refractivity contribution in [3.8, 4) is 0 Å². The van der Waals surface area contributed by atoms with Gasteiger partial charge in [-0.25, -0.2) is 19.2 Å². The van der Waals surface area contributed by atoms with E-state index in [1.807, 2.05) is 0 Å². The van der Waals surface area contributed by atoms with E-state index in [1.165, 1.54) is 0 Å². The van der Waals surface area contributed by atoms with Crippen LogP contribution in [0.5, 0.6) is 0 Å². The number of ether oxygens (including phenoxy) is 3. The summed E-state index contributed by atoms with van der Waals surface area (Å²) in [5, 5.41) is 5.13. The minimum atomic E-state index is -1.09. The molecule has 2 amide bonds. The van der Waals surface area contributed by atoms with Crippen LogP contribution in [0.2, 0.25) is 0 Å². The number of fused-ring (bicyclic) bond motifs is 1. The van der Waals surface area contributed by atoms with Crippen LogP contribution in [0.4, 0.5) is 4.79 Å². The summed E-state index contributed by atoms with van der Waals surface area (Å²) in [6, 6.07) is 5.80. The zero-order chi connectivity index (χ0) is 21.0. The lowest BCUT2D eigenvalue weighted by molar-refractivity contribution is -0.153. The van der Waals surface area contributed by atoms with E-state index in [9.17, 15) is 19.2 Å². The third-order valence-corrected chi connectivity index (χ3v) is 4.66. The maximum absolute atomic E-state index is 12.5. The number of amides is 2. The number of nitrogens with one attached hydrogen (secondary N) is 2. The second kappa shape index (κ2) is 8.76. The van der Waals surface area contributed by atoms with Crippen LogP contribution >= 0.6 is 0 Å². The zero-order valence-corrected chi connectivity index (χ0v) is 16.2. The molecule has 0 saturated carbocycles. The Hall–Kier alpha value is -3.36. The highest BCUT2D eigenvalue weighted by molar-refractivity contribution is 5.96. The van der Waals surface area contributed by atoms with Crippen LogP contribution in [-0.2, 0) is 30.2 Å². The van der Waals surface area contributed by atoms with Crippen LogP contribution in [-0.4, -0.2) is 49.3 Å². The lowest BCUT2D eigenvalue weighted by Crippen LogP contribution is -2.51. The van der Waals surface area contributed by atoms with E-state index in [-0.39, 0.29) is 30.9 Å². The SMILES string of the molecule is CCOC(=O)C1=C(COC(=O)[C@H]2Cc3ccccc3C(=O)O2)NC(=O)N[C@H]1CC. The maximum atomic E-state index is 12.5. The van der Waals surface area contributed by atoms with Gasteiger partial charge in [0.2, 0.25) is 6.10 Å². The van der Waals surface area contributed by atoms with E-state index in [0.29, 0.717) is 17.5 Å². The topological polar surface area (TPSA) is 120 Å². The minimum absolute atomic E-state index is 0.148. The summed E-state index contributed by atoms with van der Waals surface area (Å²) in [5.41, 5.74) is 1.46. The summed E-state index contributed by atoms with van der Waals surface area (Å²) in [4.78, 5) is 48.8. The largest absolute Gasteiger partial charge is 0.463 e. The molecule has 2 aliphatic rings. The molecule has 3 rings (SSSR count). The Morgan fingerprint density at radius 2 is 1.93 bits per heavy atom. The molecule has 9 heteroatoms. The van der Waals surface area contributed by atoms with E-state index in [4.69, 9.17) is 14.2 Å². The van der Waals surface area contributed by atoms with Gasteiger partial charge in [-0.1, -0.05) is 25.1 Å². The number of esters is 3. The predicted octanol–water partition coefficient (Wildman–Crippen LogP) is 1.22. The van der Waals surface area contributed by atoms with Gasteiger partial charge in [-0.15, -0.1) is 0 Å². The Balaban J connectivity index is 1.74. The van der Waals surface area contributed by atoms with E-state index in [1.54, 1.807) is 38.1 Å². The van der Waals surface area contributed by atoms with Crippen molar-refractivity contribution in [1.29, 1.82) is 0 Å². The molecule has 0 fully saturated rings. The molecule has 2 aliphatic heterocycles. The molecular weight excluding hydrogens is 380 g/mol. The van der Waals surface area contributed by atoms with Gasteiger partial charge < -0.3 is 24.8 Å². The first-order valence-corrected chi connectivity index (χ1v) is 9.37. The Morgan fingerprint density at radius 3 is 2.66 bits per heavy atom. The molecule has 2 atom stereocenters. The Morgan fingerprint density at radius 1 is 1.17 bits per heavy atom. The van der Waals surface area contributed by atoms with Gasteiger partial charge in [0, 0.05) is 6.42 Å². The second-order valence-electron chi connectivity index (χ2n) is 6.53. The molecule has 2 heterocycles. The average Bonchev–Trinajstić information content (AvgIpc) is 2.71. The normalized spacial score (nSPS) is 20.8. The van der Waals surface area contributed by atoms with Gasteiger partial charge in [-0.2, -0.15) is 0 Å². The first-order valence-electron chi connectivity index (χ1n) is 9.37. The van der Waals surface area contributed by atoms with Crippen LogP contribution in [0.25, 0.3) is 0 Å². The molecule has 29 heavy (non-hydrogen) atoms. The number of cyclic esters (lactones) is 1. The molecular formula is C20H22N2O7. The quantitative estimate of drug-likeness (QED) is 0.542. The minimum Gasteiger partial charge on any atom is -0.463 e. The Kier molecular flexibility index (Phi) is 6.16. The second-order valence-corrected chi connectivity index (χ2v) is 6.53. The van der Waals surface area contributed by atoms with Crippen molar-refractivity contribution < 1.29 is 33.4 Å². The molecule has 0 aliphatic carbocycles. The Bertz CT molecular complexity index is 877. The van der Waals surface area contributed by atoms with Gasteiger partial charge in [-0.3, -0.25) is 0 Å². The molecule has 9 nitrogen and oxygen atoms in total. The molecule has 0 spiro atoms. The number of rotatable bonds is 6. The monoisotopic (exact) mass is 402 g/mol. The fourth-order valence-electron chi connectivity index (χ4n) is 3.27.